The zero-order chi connectivity index (χ0) is 22.6. The number of alkyl halides is 3. The highest BCUT2D eigenvalue weighted by Gasteiger charge is 2.36. The number of pyridine rings is 1. The van der Waals surface area contributed by atoms with E-state index in [0.717, 1.165) is 30.3 Å². The third-order valence-electron chi connectivity index (χ3n) is 5.95. The van der Waals surface area contributed by atoms with E-state index in [-0.39, 0.29) is 24.5 Å². The number of carbonyl (C=O) groups excluding carboxylic acids is 1. The monoisotopic (exact) mass is 461 g/mol. The number of amides is 1. The molecular formula is C22H19ClF3N5O. The van der Waals surface area contributed by atoms with E-state index >= 15 is 0 Å². The van der Waals surface area contributed by atoms with Gasteiger partial charge in [0.2, 0.25) is 0 Å². The van der Waals surface area contributed by atoms with Crippen molar-refractivity contribution in [3.63, 3.8) is 0 Å². The maximum atomic E-state index is 13.5. The van der Waals surface area contributed by atoms with Crippen molar-refractivity contribution in [1.29, 1.82) is 0 Å². The van der Waals surface area contributed by atoms with E-state index in [2.05, 4.69) is 15.4 Å². The van der Waals surface area contributed by atoms with Gasteiger partial charge in [-0.25, -0.2) is 0 Å². The fourth-order valence-electron chi connectivity index (χ4n) is 4.15. The van der Waals surface area contributed by atoms with Crippen molar-refractivity contribution in [2.24, 2.45) is 0 Å². The van der Waals surface area contributed by atoms with Gasteiger partial charge in [-0.3, -0.25) is 14.5 Å². The van der Waals surface area contributed by atoms with Gasteiger partial charge in [0.05, 0.1) is 34.6 Å². The van der Waals surface area contributed by atoms with Gasteiger partial charge in [0.25, 0.3) is 5.91 Å². The molecule has 1 N–H and O–H groups in total. The van der Waals surface area contributed by atoms with Crippen LogP contribution in [0.25, 0.3) is 11.1 Å². The first-order chi connectivity index (χ1) is 15.2. The number of benzene rings is 1. The highest BCUT2D eigenvalue weighted by Crippen LogP contribution is 2.39. The van der Waals surface area contributed by atoms with Crippen LogP contribution in [0.5, 0.6) is 0 Å². The predicted molar refractivity (Wildman–Crippen MR) is 114 cm³/mol. The Bertz CT molecular complexity index is 1200. The second kappa shape index (κ2) is 7.60. The number of anilines is 1. The Morgan fingerprint density at radius 1 is 1.22 bits per heavy atom. The van der Waals surface area contributed by atoms with Crippen molar-refractivity contribution in [2.45, 2.75) is 31.6 Å². The van der Waals surface area contributed by atoms with Crippen molar-refractivity contribution >= 4 is 23.2 Å². The minimum absolute atomic E-state index is 0.174. The zero-order valence-electron chi connectivity index (χ0n) is 17.0. The molecule has 4 heterocycles. The summed E-state index contributed by atoms with van der Waals surface area (Å²) in [6.45, 7) is 3.12. The molecule has 2 aliphatic rings. The van der Waals surface area contributed by atoms with E-state index in [1.807, 2.05) is 19.1 Å². The summed E-state index contributed by atoms with van der Waals surface area (Å²) >= 11 is 5.90. The van der Waals surface area contributed by atoms with Crippen LogP contribution in [0.15, 0.2) is 42.7 Å². The second-order valence-electron chi connectivity index (χ2n) is 8.04. The lowest BCUT2D eigenvalue weighted by Crippen LogP contribution is -2.42. The van der Waals surface area contributed by atoms with Crippen LogP contribution in [0.2, 0.25) is 5.02 Å². The van der Waals surface area contributed by atoms with Crippen molar-refractivity contribution in [3.8, 4) is 11.1 Å². The molecule has 1 unspecified atom stereocenters. The number of hydrogen-bond donors (Lipinski definition) is 1. The van der Waals surface area contributed by atoms with Gasteiger partial charge < -0.3 is 10.2 Å². The summed E-state index contributed by atoms with van der Waals surface area (Å²) in [6, 6.07) is 7.16. The molecule has 1 fully saturated rings. The lowest BCUT2D eigenvalue weighted by Gasteiger charge is -2.32. The van der Waals surface area contributed by atoms with E-state index in [0.29, 0.717) is 16.9 Å². The Hall–Kier alpha value is -2.91. The van der Waals surface area contributed by atoms with Crippen molar-refractivity contribution in [2.75, 3.05) is 18.0 Å². The number of rotatable bonds is 3. The first-order valence-electron chi connectivity index (χ1n) is 10.2. The Balaban J connectivity index is 1.53. The Morgan fingerprint density at radius 3 is 2.66 bits per heavy atom. The van der Waals surface area contributed by atoms with Gasteiger partial charge >= 0.3 is 6.18 Å². The van der Waals surface area contributed by atoms with E-state index in [1.165, 1.54) is 17.0 Å². The van der Waals surface area contributed by atoms with Crippen LogP contribution in [-0.4, -0.2) is 33.8 Å². The molecule has 10 heteroatoms. The van der Waals surface area contributed by atoms with Crippen LogP contribution in [0.4, 0.5) is 18.9 Å². The molecule has 2 aliphatic heterocycles. The summed E-state index contributed by atoms with van der Waals surface area (Å²) in [6.07, 6.45) is -0.199. The number of aromatic nitrogens is 3. The number of nitrogens with zero attached hydrogens (tertiary/aromatic N) is 4. The van der Waals surface area contributed by atoms with Crippen LogP contribution in [0.3, 0.4) is 0 Å². The summed E-state index contributed by atoms with van der Waals surface area (Å²) < 4.78 is 40.9. The average molecular weight is 462 g/mol. The van der Waals surface area contributed by atoms with Crippen LogP contribution in [-0.2, 0) is 6.18 Å². The third-order valence-corrected chi connectivity index (χ3v) is 6.26. The molecule has 166 valence electrons. The zero-order valence-corrected chi connectivity index (χ0v) is 17.8. The first kappa shape index (κ1) is 21.0. The van der Waals surface area contributed by atoms with Gasteiger partial charge in [-0.2, -0.15) is 18.3 Å². The highest BCUT2D eigenvalue weighted by atomic mass is 35.5. The SMILES string of the molecule is C[C@H]1CN(c2ccc(C(F)(F)F)c(Cl)c2)C(=O)c2c(-c3ccnc(C4CCN4)c3)cnn21. The molecule has 1 saturated heterocycles. The quantitative estimate of drug-likeness (QED) is 0.604. The first-order valence-corrected chi connectivity index (χ1v) is 10.6. The van der Waals surface area contributed by atoms with Crippen LogP contribution >= 0.6 is 11.6 Å². The molecule has 3 aromatic rings. The Kier molecular flexibility index (Phi) is 4.98. The molecule has 6 nitrogen and oxygen atoms in total. The van der Waals surface area contributed by atoms with Crippen LogP contribution in [0, 0.1) is 0 Å². The third kappa shape index (κ3) is 3.45. The topological polar surface area (TPSA) is 63.1 Å². The molecule has 1 aromatic carbocycles. The molecule has 2 atom stereocenters. The van der Waals surface area contributed by atoms with Crippen molar-refractivity contribution in [1.82, 2.24) is 20.1 Å². The number of carbonyl (C=O) groups is 1. The molecule has 0 radical (unpaired) electrons. The molecule has 0 spiro atoms. The average Bonchev–Trinajstić information content (AvgIpc) is 3.15. The molecule has 5 rings (SSSR count). The summed E-state index contributed by atoms with van der Waals surface area (Å²) in [7, 11) is 0. The maximum Gasteiger partial charge on any atom is 0.417 e. The summed E-state index contributed by atoms with van der Waals surface area (Å²) in [5.74, 6) is -0.341. The maximum absolute atomic E-state index is 13.5. The van der Waals surface area contributed by atoms with Crippen molar-refractivity contribution < 1.29 is 18.0 Å². The fourth-order valence-corrected chi connectivity index (χ4v) is 4.43. The summed E-state index contributed by atoms with van der Waals surface area (Å²) in [5, 5.41) is 7.29. The van der Waals surface area contributed by atoms with Gasteiger partial charge in [-0.15, -0.1) is 0 Å². The Labute approximate surface area is 187 Å². The number of nitrogens with one attached hydrogen (secondary N) is 1. The standard InChI is InChI=1S/C22H19ClF3N5O/c1-12-11-30(14-2-3-16(17(23)9-14)22(24,25)26)21(32)20-15(10-29-31(12)20)13-4-6-28-19(8-13)18-5-7-27-18/h2-4,6,8-10,12,18,27H,5,7,11H2,1H3/t12-,18?/m0/s1. The van der Waals surface area contributed by atoms with Crippen LogP contribution < -0.4 is 10.2 Å². The van der Waals surface area contributed by atoms with Gasteiger partial charge in [-0.1, -0.05) is 11.6 Å². The number of hydrogen-bond acceptors (Lipinski definition) is 4. The smallest absolute Gasteiger partial charge is 0.309 e. The minimum Gasteiger partial charge on any atom is -0.309 e. The molecule has 0 aliphatic carbocycles. The predicted octanol–water partition coefficient (Wildman–Crippen LogP) is 4.87. The van der Waals surface area contributed by atoms with E-state index < -0.39 is 16.8 Å². The number of halogens is 4. The van der Waals surface area contributed by atoms with Gasteiger partial charge in [0, 0.05) is 24.0 Å². The van der Waals surface area contributed by atoms with Gasteiger partial charge in [-0.05, 0) is 55.8 Å². The molecule has 0 bridgehead atoms. The van der Waals surface area contributed by atoms with Gasteiger partial charge in [0.1, 0.15) is 5.69 Å². The number of fused-ring (bicyclic) bond motifs is 1. The van der Waals surface area contributed by atoms with E-state index in [4.69, 9.17) is 11.6 Å². The molecular weight excluding hydrogens is 443 g/mol. The summed E-state index contributed by atoms with van der Waals surface area (Å²) in [4.78, 5) is 19.3. The molecule has 0 saturated carbocycles. The second-order valence-corrected chi connectivity index (χ2v) is 8.45. The van der Waals surface area contributed by atoms with Crippen LogP contribution in [0.1, 0.15) is 47.2 Å². The fraction of sp³-hybridized carbons (Fsp3) is 0.318. The molecule has 2 aromatic heterocycles. The van der Waals surface area contributed by atoms with E-state index in [1.54, 1.807) is 17.1 Å². The molecule has 1 amide bonds. The lowest BCUT2D eigenvalue weighted by molar-refractivity contribution is -0.137. The lowest BCUT2D eigenvalue weighted by atomic mass is 9.98. The largest absolute Gasteiger partial charge is 0.417 e. The van der Waals surface area contributed by atoms with Gasteiger partial charge in [0.15, 0.2) is 0 Å². The minimum atomic E-state index is -4.56. The molecule has 32 heavy (non-hydrogen) atoms. The van der Waals surface area contributed by atoms with Crippen molar-refractivity contribution in [3.05, 3.63) is 64.7 Å². The highest BCUT2D eigenvalue weighted by molar-refractivity contribution is 6.31. The summed E-state index contributed by atoms with van der Waals surface area (Å²) in [5.41, 5.74) is 2.15. The Morgan fingerprint density at radius 2 is 2.00 bits per heavy atom. The van der Waals surface area contributed by atoms with E-state index in [9.17, 15) is 18.0 Å². The normalized spacial score (nSPS) is 20.8.